The van der Waals surface area contributed by atoms with Crippen molar-refractivity contribution in [2.45, 2.75) is 6.42 Å². The van der Waals surface area contributed by atoms with E-state index in [4.69, 9.17) is 4.74 Å². The molecule has 1 heterocycles. The Bertz CT molecular complexity index is 620. The molecule has 5 nitrogen and oxygen atoms in total. The van der Waals surface area contributed by atoms with Crippen LogP contribution in [0.25, 0.3) is 0 Å². The number of rotatable bonds is 4. The lowest BCUT2D eigenvalue weighted by Crippen LogP contribution is -1.91. The van der Waals surface area contributed by atoms with E-state index >= 15 is 0 Å². The molecule has 2 aromatic carbocycles. The standard InChI is InChI=1S/C14H12N4O/c1-2-4-12(5-3-1)19-13-8-6-11(7-9-13)10-14-15-17-18-16-14/h1-9H,10H2,(H,15,16,17,18). The summed E-state index contributed by atoms with van der Waals surface area (Å²) in [6, 6.07) is 17.6. The molecule has 0 fully saturated rings. The summed E-state index contributed by atoms with van der Waals surface area (Å²) >= 11 is 0. The van der Waals surface area contributed by atoms with Crippen molar-refractivity contribution in [3.63, 3.8) is 0 Å². The number of benzene rings is 2. The molecule has 0 amide bonds. The zero-order valence-corrected chi connectivity index (χ0v) is 10.2. The predicted octanol–water partition coefficient (Wildman–Crippen LogP) is 2.58. The molecule has 0 atom stereocenters. The van der Waals surface area contributed by atoms with Gasteiger partial charge < -0.3 is 4.74 Å². The Morgan fingerprint density at radius 2 is 1.63 bits per heavy atom. The van der Waals surface area contributed by atoms with E-state index in [0.717, 1.165) is 22.9 Å². The second-order valence-corrected chi connectivity index (χ2v) is 4.08. The van der Waals surface area contributed by atoms with Crippen molar-refractivity contribution in [3.05, 3.63) is 66.0 Å². The number of nitrogens with one attached hydrogen (secondary N) is 1. The zero-order chi connectivity index (χ0) is 12.9. The molecule has 0 aliphatic rings. The number of ether oxygens (including phenoxy) is 1. The minimum atomic E-state index is 0.679. The smallest absolute Gasteiger partial charge is 0.152 e. The number of aromatic amines is 1. The largest absolute Gasteiger partial charge is 0.457 e. The van der Waals surface area contributed by atoms with Gasteiger partial charge in [-0.15, -0.1) is 5.10 Å². The Kier molecular flexibility index (Phi) is 3.18. The van der Waals surface area contributed by atoms with Crippen LogP contribution in [0.15, 0.2) is 54.6 Å². The lowest BCUT2D eigenvalue weighted by Gasteiger charge is -2.05. The number of nitrogens with zero attached hydrogens (tertiary/aromatic N) is 3. The molecule has 1 aromatic heterocycles. The number of hydrogen-bond donors (Lipinski definition) is 1. The number of hydrogen-bond acceptors (Lipinski definition) is 4. The molecule has 1 N–H and O–H groups in total. The summed E-state index contributed by atoms with van der Waals surface area (Å²) < 4.78 is 5.72. The fraction of sp³-hybridized carbons (Fsp3) is 0.0714. The van der Waals surface area contributed by atoms with Crippen LogP contribution in [0.4, 0.5) is 0 Å². The molecule has 0 saturated heterocycles. The van der Waals surface area contributed by atoms with Crippen molar-refractivity contribution in [1.82, 2.24) is 20.6 Å². The van der Waals surface area contributed by atoms with Crippen LogP contribution >= 0.6 is 0 Å². The van der Waals surface area contributed by atoms with Gasteiger partial charge in [-0.25, -0.2) is 5.10 Å². The van der Waals surface area contributed by atoms with Gasteiger partial charge in [0.05, 0.1) is 0 Å². The third-order valence-corrected chi connectivity index (χ3v) is 2.66. The van der Waals surface area contributed by atoms with Gasteiger partial charge in [0.2, 0.25) is 0 Å². The molecule has 3 rings (SSSR count). The van der Waals surface area contributed by atoms with Crippen LogP contribution in [0, 0.1) is 0 Å². The quantitative estimate of drug-likeness (QED) is 0.775. The van der Waals surface area contributed by atoms with Gasteiger partial charge in [0.25, 0.3) is 0 Å². The first-order valence-electron chi connectivity index (χ1n) is 5.94. The molecule has 94 valence electrons. The topological polar surface area (TPSA) is 63.7 Å². The van der Waals surface area contributed by atoms with E-state index in [1.807, 2.05) is 54.6 Å². The highest BCUT2D eigenvalue weighted by Gasteiger charge is 2.01. The van der Waals surface area contributed by atoms with Gasteiger partial charge in [-0.05, 0) is 40.3 Å². The highest BCUT2D eigenvalue weighted by molar-refractivity contribution is 5.33. The molecule has 3 aromatic rings. The van der Waals surface area contributed by atoms with E-state index in [0.29, 0.717) is 6.42 Å². The lowest BCUT2D eigenvalue weighted by atomic mass is 10.1. The van der Waals surface area contributed by atoms with E-state index in [-0.39, 0.29) is 0 Å². The van der Waals surface area contributed by atoms with E-state index in [9.17, 15) is 0 Å². The maximum absolute atomic E-state index is 5.72. The molecule has 0 unspecified atom stereocenters. The highest BCUT2D eigenvalue weighted by atomic mass is 16.5. The Balaban J connectivity index is 1.69. The van der Waals surface area contributed by atoms with Crippen LogP contribution < -0.4 is 4.74 Å². The first-order chi connectivity index (χ1) is 9.40. The lowest BCUT2D eigenvalue weighted by molar-refractivity contribution is 0.482. The third kappa shape index (κ3) is 2.95. The first kappa shape index (κ1) is 11.4. The van der Waals surface area contributed by atoms with E-state index in [1.54, 1.807) is 0 Å². The van der Waals surface area contributed by atoms with Crippen molar-refractivity contribution < 1.29 is 4.74 Å². The van der Waals surface area contributed by atoms with Crippen LogP contribution in [0.2, 0.25) is 0 Å². The summed E-state index contributed by atoms with van der Waals surface area (Å²) in [4.78, 5) is 0. The predicted molar refractivity (Wildman–Crippen MR) is 69.9 cm³/mol. The van der Waals surface area contributed by atoms with Gasteiger partial charge in [0, 0.05) is 6.42 Å². The van der Waals surface area contributed by atoms with E-state index in [2.05, 4.69) is 20.6 Å². The summed E-state index contributed by atoms with van der Waals surface area (Å²) in [7, 11) is 0. The zero-order valence-electron chi connectivity index (χ0n) is 10.2. The minimum Gasteiger partial charge on any atom is -0.457 e. The Morgan fingerprint density at radius 1 is 0.895 bits per heavy atom. The normalized spacial score (nSPS) is 10.3. The number of tetrazole rings is 1. The number of para-hydroxylation sites is 1. The molecule has 0 saturated carbocycles. The van der Waals surface area contributed by atoms with Gasteiger partial charge in [-0.1, -0.05) is 30.3 Å². The monoisotopic (exact) mass is 252 g/mol. The molecule has 0 aliphatic heterocycles. The van der Waals surface area contributed by atoms with Crippen LogP contribution in [0.3, 0.4) is 0 Å². The molecular formula is C14H12N4O. The van der Waals surface area contributed by atoms with Crippen molar-refractivity contribution in [2.24, 2.45) is 0 Å². The number of H-pyrrole nitrogens is 1. The summed E-state index contributed by atoms with van der Waals surface area (Å²) in [5.74, 6) is 2.39. The first-order valence-corrected chi connectivity index (χ1v) is 5.94. The number of aromatic nitrogens is 4. The molecule has 5 heteroatoms. The molecule has 0 aliphatic carbocycles. The highest BCUT2D eigenvalue weighted by Crippen LogP contribution is 2.21. The van der Waals surface area contributed by atoms with Gasteiger partial charge in [-0.2, -0.15) is 0 Å². The van der Waals surface area contributed by atoms with Crippen LogP contribution in [0.1, 0.15) is 11.4 Å². The summed E-state index contributed by atoms with van der Waals surface area (Å²) in [5.41, 5.74) is 1.12. The van der Waals surface area contributed by atoms with Gasteiger partial charge >= 0.3 is 0 Å². The molecule has 0 bridgehead atoms. The summed E-state index contributed by atoms with van der Waals surface area (Å²) in [6.07, 6.45) is 0.679. The minimum absolute atomic E-state index is 0.679. The molecule has 19 heavy (non-hydrogen) atoms. The Morgan fingerprint density at radius 3 is 2.32 bits per heavy atom. The van der Waals surface area contributed by atoms with Gasteiger partial charge in [0.15, 0.2) is 5.82 Å². The summed E-state index contributed by atoms with van der Waals surface area (Å²) in [5, 5.41) is 13.7. The molecular weight excluding hydrogens is 240 g/mol. The van der Waals surface area contributed by atoms with Crippen LogP contribution in [-0.4, -0.2) is 20.6 Å². The summed E-state index contributed by atoms with van der Waals surface area (Å²) in [6.45, 7) is 0. The van der Waals surface area contributed by atoms with Crippen molar-refractivity contribution in [3.8, 4) is 11.5 Å². The fourth-order valence-corrected chi connectivity index (χ4v) is 1.75. The maximum atomic E-state index is 5.72. The van der Waals surface area contributed by atoms with Gasteiger partial charge in [-0.3, -0.25) is 0 Å². The van der Waals surface area contributed by atoms with Crippen molar-refractivity contribution in [2.75, 3.05) is 0 Å². The molecule has 0 radical (unpaired) electrons. The van der Waals surface area contributed by atoms with Gasteiger partial charge in [0.1, 0.15) is 11.5 Å². The molecule has 0 spiro atoms. The SMILES string of the molecule is c1ccc(Oc2ccc(Cc3nnn[nH]3)cc2)cc1. The Labute approximate surface area is 110 Å². The van der Waals surface area contributed by atoms with Crippen LogP contribution in [0.5, 0.6) is 11.5 Å². The van der Waals surface area contributed by atoms with Crippen LogP contribution in [-0.2, 0) is 6.42 Å². The van der Waals surface area contributed by atoms with E-state index in [1.165, 1.54) is 0 Å². The Hall–Kier alpha value is -2.69. The maximum Gasteiger partial charge on any atom is 0.152 e. The second kappa shape index (κ2) is 5.30. The van der Waals surface area contributed by atoms with Crippen molar-refractivity contribution >= 4 is 0 Å². The fourth-order valence-electron chi connectivity index (χ4n) is 1.75. The second-order valence-electron chi connectivity index (χ2n) is 4.08. The third-order valence-electron chi connectivity index (χ3n) is 2.66. The average Bonchev–Trinajstić information content (AvgIpc) is 2.95. The van der Waals surface area contributed by atoms with Crippen molar-refractivity contribution in [1.29, 1.82) is 0 Å². The van der Waals surface area contributed by atoms with E-state index < -0.39 is 0 Å². The average molecular weight is 252 g/mol.